The summed E-state index contributed by atoms with van der Waals surface area (Å²) in [4.78, 5) is 10.2. The van der Waals surface area contributed by atoms with Crippen LogP contribution in [0.3, 0.4) is 0 Å². The normalized spacial score (nSPS) is 30.3. The number of nitrogens with zero attached hydrogens (tertiary/aromatic N) is 4. The molecular weight excluding hydrogens is 1300 g/mol. The standard InChI is InChI=1S/C13H29NSi.C12H27NSi.C12H26Si.C11H25NSi.C11H24O2Si.C10H20F2Si.C9H19F2NSi/c1-7-15(8-2)9-13(11(3)4)14(10-15)12(5)6;1-10(2)12-9-14(5,6)8-7-13(12)11(3)4;2*1-9(2)11-7-13(5,6)8-12(11)10(3)4;1-8(2)10-7-12-14(5,6)13-11(10)9(3)4;1-7(2)9-5-13(11,12)6-10(9)8(3)4;1-7(2)9-5-13(10,11)6-12(9)8(3)4/h11-13H,7-10H2,1-6H3;10-12H,7-9H2,1-6H3;9-12H,7-8H2,1-6H3;9-11H,7-8H2,1-6H3;8-11H,7H2,1-6H3;7-10H,5-6H2,1-4H3;7-9H,5-6H2,1-4H3. The Hall–Kier alpha value is 0.998. The van der Waals surface area contributed by atoms with Gasteiger partial charge in [-0.2, -0.15) is 0 Å². The lowest BCUT2D eigenvalue weighted by atomic mass is 9.80. The van der Waals surface area contributed by atoms with E-state index < -0.39 is 58.3 Å². The number of rotatable bonds is 16. The van der Waals surface area contributed by atoms with Crippen LogP contribution in [-0.2, 0) is 8.85 Å². The third-order valence-corrected chi connectivity index (χ3v) is 44.3. The highest BCUT2D eigenvalue weighted by molar-refractivity contribution is 6.81. The van der Waals surface area contributed by atoms with Crippen molar-refractivity contribution in [2.45, 2.75) is 381 Å². The number of hydrogen-bond acceptors (Lipinski definition) is 6. The third kappa shape index (κ3) is 30.9. The summed E-state index contributed by atoms with van der Waals surface area (Å²) in [5.74, 6) is 9.92. The second-order valence-corrected chi connectivity index (χ2v) is 68.6. The molecule has 7 rings (SSSR count). The van der Waals surface area contributed by atoms with Crippen LogP contribution in [0.1, 0.15) is 208 Å². The highest BCUT2D eigenvalue weighted by atomic mass is 28.4. The van der Waals surface area contributed by atoms with Crippen LogP contribution in [0.2, 0.25) is 119 Å². The molecule has 0 saturated carbocycles. The average Bonchev–Trinajstić information content (AvgIpc) is 1.80. The average molecular weight is 1470 g/mol. The molecule has 0 aromatic carbocycles. The molecule has 0 radical (unpaired) electrons. The van der Waals surface area contributed by atoms with Crippen LogP contribution in [0.25, 0.3) is 0 Å². The molecule has 0 N–H and O–H groups in total. The van der Waals surface area contributed by atoms with Crippen molar-refractivity contribution in [2.75, 3.05) is 31.7 Å². The summed E-state index contributed by atoms with van der Waals surface area (Å²) in [6.07, 6.45) is 3.34. The molecule has 95 heavy (non-hydrogen) atoms. The van der Waals surface area contributed by atoms with E-state index in [-0.39, 0.29) is 48.2 Å². The van der Waals surface area contributed by atoms with Crippen LogP contribution in [0, 0.1) is 88.8 Å². The lowest BCUT2D eigenvalue weighted by Gasteiger charge is -2.46. The Kier molecular flexibility index (Phi) is 39.5. The highest BCUT2D eigenvalue weighted by Crippen LogP contribution is 2.49. The molecule has 0 aromatic rings. The van der Waals surface area contributed by atoms with Gasteiger partial charge in [-0.25, -0.2) is 0 Å². The van der Waals surface area contributed by atoms with Gasteiger partial charge in [-0.05, 0) is 194 Å². The second-order valence-electron chi connectivity index (χ2n) is 39.7. The molecule has 17 heteroatoms. The van der Waals surface area contributed by atoms with E-state index in [1.54, 1.807) is 18.1 Å². The first-order valence-electron chi connectivity index (χ1n) is 40.1. The summed E-state index contributed by atoms with van der Waals surface area (Å²) in [7, 11) is -12.9. The van der Waals surface area contributed by atoms with E-state index in [1.165, 1.54) is 49.1 Å². The van der Waals surface area contributed by atoms with Crippen molar-refractivity contribution in [3.05, 3.63) is 0 Å². The molecule has 0 amide bonds. The summed E-state index contributed by atoms with van der Waals surface area (Å²) in [6.45, 7) is 90.2. The topological polar surface area (TPSA) is 31.4 Å². The van der Waals surface area contributed by atoms with Crippen molar-refractivity contribution < 1.29 is 25.3 Å². The van der Waals surface area contributed by atoms with Gasteiger partial charge in [0.15, 0.2) is 0 Å². The monoisotopic (exact) mass is 1470 g/mol. The summed E-state index contributed by atoms with van der Waals surface area (Å²) in [6, 6.07) is 18.0. The van der Waals surface area contributed by atoms with Gasteiger partial charge in [0, 0.05) is 87.1 Å². The van der Waals surface area contributed by atoms with Gasteiger partial charge in [0.05, 0.1) is 36.5 Å². The quantitative estimate of drug-likeness (QED) is 0.0870. The van der Waals surface area contributed by atoms with E-state index in [2.05, 4.69) is 247 Å². The zero-order chi connectivity index (χ0) is 74.4. The highest BCUT2D eigenvalue weighted by Gasteiger charge is 2.53. The van der Waals surface area contributed by atoms with E-state index in [0.29, 0.717) is 41.6 Å². The molecule has 7 fully saturated rings. The molecule has 7 heterocycles. The minimum absolute atomic E-state index is 0.0769. The van der Waals surface area contributed by atoms with E-state index in [0.717, 1.165) is 84.3 Å². The first-order valence-corrected chi connectivity index (χ1v) is 60.3. The first kappa shape index (κ1) is 94.0. The summed E-state index contributed by atoms with van der Waals surface area (Å²) in [5.41, 5.74) is 0. The smallest absolute Gasteiger partial charge is 0.394 e. The van der Waals surface area contributed by atoms with Crippen LogP contribution in [-0.4, -0.2) is 164 Å². The molecule has 10 unspecified atom stereocenters. The van der Waals surface area contributed by atoms with Gasteiger partial charge in [0.2, 0.25) is 0 Å². The minimum Gasteiger partial charge on any atom is -0.394 e. The van der Waals surface area contributed by atoms with E-state index >= 15 is 0 Å². The molecule has 0 aliphatic carbocycles. The molecular formula is C78H170F4N4O2Si7. The zero-order valence-corrected chi connectivity index (χ0v) is 77.8. The Morgan fingerprint density at radius 2 is 0.653 bits per heavy atom. The van der Waals surface area contributed by atoms with Gasteiger partial charge < -0.3 is 18.7 Å². The minimum atomic E-state index is -3.87. The van der Waals surface area contributed by atoms with Crippen molar-refractivity contribution in [1.82, 2.24) is 19.6 Å². The van der Waals surface area contributed by atoms with Crippen LogP contribution < -0.4 is 0 Å². The largest absolute Gasteiger partial charge is 0.439 e. The Bertz CT molecular complexity index is 1810. The molecule has 7 aliphatic heterocycles. The van der Waals surface area contributed by atoms with Crippen molar-refractivity contribution in [3.63, 3.8) is 0 Å². The lowest BCUT2D eigenvalue weighted by molar-refractivity contribution is -0.0404. The Morgan fingerprint density at radius 3 is 0.968 bits per heavy atom. The van der Waals surface area contributed by atoms with Gasteiger partial charge in [-0.3, -0.25) is 26.2 Å². The lowest BCUT2D eigenvalue weighted by Crippen LogP contribution is -2.53. The van der Waals surface area contributed by atoms with Crippen molar-refractivity contribution in [3.8, 4) is 0 Å². The van der Waals surface area contributed by atoms with Crippen LogP contribution in [0.4, 0.5) is 16.4 Å². The fourth-order valence-electron chi connectivity index (χ4n) is 18.0. The van der Waals surface area contributed by atoms with Crippen LogP contribution in [0.15, 0.2) is 0 Å². The summed E-state index contributed by atoms with van der Waals surface area (Å²) in [5, 5.41) is 0. The Balaban J connectivity index is 0.000000554. The fraction of sp³-hybridized carbons (Fsp3) is 1.00. The van der Waals surface area contributed by atoms with Gasteiger partial charge in [0.1, 0.15) is 0 Å². The molecule has 0 aromatic heterocycles. The Morgan fingerprint density at radius 1 is 0.326 bits per heavy atom. The van der Waals surface area contributed by atoms with Crippen molar-refractivity contribution in [1.29, 1.82) is 0 Å². The van der Waals surface area contributed by atoms with Gasteiger partial charge in [-0.1, -0.05) is 216 Å². The predicted octanol–water partition coefficient (Wildman–Crippen LogP) is 24.1. The molecule has 6 nitrogen and oxygen atoms in total. The van der Waals surface area contributed by atoms with E-state index in [9.17, 15) is 16.4 Å². The van der Waals surface area contributed by atoms with Gasteiger partial charge in [0.25, 0.3) is 0 Å². The Labute approximate surface area is 600 Å². The third-order valence-electron chi connectivity index (χ3n) is 24.3. The first-order chi connectivity index (χ1) is 43.0. The molecule has 7 saturated heterocycles. The number of hydrogen-bond donors (Lipinski definition) is 0. The van der Waals surface area contributed by atoms with Crippen LogP contribution >= 0.6 is 0 Å². The predicted molar refractivity (Wildman–Crippen MR) is 435 cm³/mol. The second kappa shape index (κ2) is 39.9. The summed E-state index contributed by atoms with van der Waals surface area (Å²) >= 11 is 0. The van der Waals surface area contributed by atoms with Crippen LogP contribution in [0.5, 0.6) is 0 Å². The van der Waals surface area contributed by atoms with E-state index in [4.69, 9.17) is 8.85 Å². The molecule has 10 atom stereocenters. The number of halogens is 4. The maximum absolute atomic E-state index is 13.3. The van der Waals surface area contributed by atoms with Gasteiger partial charge >= 0.3 is 26.0 Å². The maximum atomic E-state index is 13.3. The molecule has 0 bridgehead atoms. The van der Waals surface area contributed by atoms with Gasteiger partial charge in [-0.15, -0.1) is 0 Å². The summed E-state index contributed by atoms with van der Waals surface area (Å²) < 4.78 is 65.1. The van der Waals surface area contributed by atoms with Crippen molar-refractivity contribution >= 4 is 58.3 Å². The van der Waals surface area contributed by atoms with Crippen molar-refractivity contribution in [2.24, 2.45) is 88.8 Å². The fourth-order valence-corrected chi connectivity index (χ4v) is 40.8. The van der Waals surface area contributed by atoms with E-state index in [1.807, 2.05) is 32.6 Å². The SMILES string of the molecule is CC(C)C1CO[Si](C)(C)OC1C(C)C.CC(C)C1C[Si](C)(C)CC1C(C)C.CC(C)C1C[Si](C)(C)CCN1C(C)C.CC(C)C1C[Si](C)(C)CN1C(C)C.CC(C)C1C[Si](F)(F)CC1C(C)C.CC(C)C1C[Si](F)(F)CN1C(C)C.CC[Si]1(CC)CC(C(C)C)N(C(C)C)C1. The molecule has 0 spiro atoms. The molecule has 7 aliphatic rings. The maximum Gasteiger partial charge on any atom is 0.439 e. The molecule has 570 valence electrons. The zero-order valence-electron chi connectivity index (χ0n) is 70.8.